The third kappa shape index (κ3) is 0.655. The summed E-state index contributed by atoms with van der Waals surface area (Å²) in [6.07, 6.45) is 3.50. The third-order valence-corrected chi connectivity index (χ3v) is 2.39. The van der Waals surface area contributed by atoms with E-state index in [2.05, 4.69) is 5.32 Å². The van der Waals surface area contributed by atoms with Gasteiger partial charge in [0, 0.05) is 11.5 Å². The molecule has 0 unspecified atom stereocenters. The molecule has 1 N–H and O–H groups in total. The molecule has 9 heavy (non-hydrogen) atoms. The van der Waals surface area contributed by atoms with Crippen LogP contribution < -0.4 is 5.32 Å². The van der Waals surface area contributed by atoms with Crippen LogP contribution in [0.3, 0.4) is 0 Å². The van der Waals surface area contributed by atoms with E-state index >= 15 is 0 Å². The van der Waals surface area contributed by atoms with Gasteiger partial charge in [-0.2, -0.15) is 0 Å². The first-order chi connectivity index (χ1) is 4.22. The number of hydrogen-bond donors (Lipinski definition) is 1. The SMILES string of the molecule is C[C@@H]1CC2(CC2)NC1=O. The van der Waals surface area contributed by atoms with Gasteiger partial charge in [0.2, 0.25) is 5.91 Å². The zero-order chi connectivity index (χ0) is 6.48. The minimum atomic E-state index is 0.257. The summed E-state index contributed by atoms with van der Waals surface area (Å²) >= 11 is 0. The van der Waals surface area contributed by atoms with Gasteiger partial charge < -0.3 is 5.32 Å². The standard InChI is InChI=1S/C7H11NO/c1-5-4-7(2-3-7)8-6(5)9/h5H,2-4H2,1H3,(H,8,9)/t5-/m1/s1. The van der Waals surface area contributed by atoms with E-state index in [0.29, 0.717) is 0 Å². The van der Waals surface area contributed by atoms with E-state index in [1.54, 1.807) is 0 Å². The normalized spacial score (nSPS) is 37.0. The van der Waals surface area contributed by atoms with Crippen molar-refractivity contribution in [3.8, 4) is 0 Å². The molecular formula is C7H11NO. The monoisotopic (exact) mass is 125 g/mol. The Morgan fingerprint density at radius 1 is 1.67 bits per heavy atom. The fraction of sp³-hybridized carbons (Fsp3) is 0.857. The average Bonchev–Trinajstić information content (AvgIpc) is 2.42. The van der Waals surface area contributed by atoms with Crippen molar-refractivity contribution in [2.45, 2.75) is 31.7 Å². The van der Waals surface area contributed by atoms with Crippen molar-refractivity contribution in [2.24, 2.45) is 5.92 Å². The van der Waals surface area contributed by atoms with Gasteiger partial charge in [0.15, 0.2) is 0 Å². The van der Waals surface area contributed by atoms with Crippen LogP contribution in [0.4, 0.5) is 0 Å². The van der Waals surface area contributed by atoms with Crippen LogP contribution in [0.25, 0.3) is 0 Å². The number of carbonyl (C=O) groups excluding carboxylic acids is 1. The van der Waals surface area contributed by atoms with Crippen molar-refractivity contribution >= 4 is 5.91 Å². The first kappa shape index (κ1) is 5.27. The topological polar surface area (TPSA) is 29.1 Å². The molecule has 2 nitrogen and oxygen atoms in total. The van der Waals surface area contributed by atoms with E-state index in [-0.39, 0.29) is 17.4 Å². The molecule has 2 aliphatic rings. The smallest absolute Gasteiger partial charge is 0.223 e. The van der Waals surface area contributed by atoms with Crippen molar-refractivity contribution in [3.05, 3.63) is 0 Å². The molecule has 1 spiro atoms. The van der Waals surface area contributed by atoms with Crippen molar-refractivity contribution < 1.29 is 4.79 Å². The number of hydrogen-bond acceptors (Lipinski definition) is 1. The lowest BCUT2D eigenvalue weighted by molar-refractivity contribution is -0.122. The van der Waals surface area contributed by atoms with Crippen molar-refractivity contribution in [1.29, 1.82) is 0 Å². The molecule has 0 radical (unpaired) electrons. The molecule has 1 saturated heterocycles. The summed E-state index contributed by atoms with van der Waals surface area (Å²) in [7, 11) is 0. The average molecular weight is 125 g/mol. The molecule has 2 heteroatoms. The van der Waals surface area contributed by atoms with Gasteiger partial charge in [-0.3, -0.25) is 4.79 Å². The molecule has 1 aliphatic heterocycles. The number of carbonyl (C=O) groups is 1. The minimum Gasteiger partial charge on any atom is -0.350 e. The Bertz CT molecular complexity index is 160. The molecule has 0 aromatic heterocycles. The first-order valence-corrected chi connectivity index (χ1v) is 3.54. The van der Waals surface area contributed by atoms with E-state index in [0.717, 1.165) is 6.42 Å². The molecule has 2 fully saturated rings. The van der Waals surface area contributed by atoms with Crippen LogP contribution in [-0.2, 0) is 4.79 Å². The minimum absolute atomic E-state index is 0.257. The van der Waals surface area contributed by atoms with E-state index in [1.807, 2.05) is 6.92 Å². The quantitative estimate of drug-likeness (QED) is 0.506. The van der Waals surface area contributed by atoms with Gasteiger partial charge in [0.1, 0.15) is 0 Å². The van der Waals surface area contributed by atoms with Gasteiger partial charge in [0.25, 0.3) is 0 Å². The third-order valence-electron chi connectivity index (χ3n) is 2.39. The molecular weight excluding hydrogens is 114 g/mol. The molecule has 50 valence electrons. The number of amides is 1. The van der Waals surface area contributed by atoms with Gasteiger partial charge in [-0.05, 0) is 19.3 Å². The highest BCUT2D eigenvalue weighted by Crippen LogP contribution is 2.44. The predicted molar refractivity (Wildman–Crippen MR) is 33.9 cm³/mol. The number of rotatable bonds is 0. The van der Waals surface area contributed by atoms with Crippen molar-refractivity contribution in [2.75, 3.05) is 0 Å². The highest BCUT2D eigenvalue weighted by Gasteiger charge is 2.50. The maximum absolute atomic E-state index is 10.9. The lowest BCUT2D eigenvalue weighted by Crippen LogP contribution is -2.27. The molecule has 1 atom stereocenters. The van der Waals surface area contributed by atoms with Crippen LogP contribution in [0, 0.1) is 5.92 Å². The lowest BCUT2D eigenvalue weighted by atomic mass is 10.1. The van der Waals surface area contributed by atoms with E-state index < -0.39 is 0 Å². The van der Waals surface area contributed by atoms with Gasteiger partial charge in [-0.1, -0.05) is 6.92 Å². The molecule has 1 heterocycles. The molecule has 1 amide bonds. The summed E-state index contributed by atoms with van der Waals surface area (Å²) in [5, 5.41) is 3.02. The zero-order valence-electron chi connectivity index (χ0n) is 5.61. The van der Waals surface area contributed by atoms with Gasteiger partial charge in [-0.25, -0.2) is 0 Å². The second-order valence-corrected chi connectivity index (χ2v) is 3.37. The second kappa shape index (κ2) is 1.31. The maximum Gasteiger partial charge on any atom is 0.223 e. The Balaban J connectivity index is 2.14. The Labute approximate surface area is 54.6 Å². The first-order valence-electron chi connectivity index (χ1n) is 3.54. The van der Waals surface area contributed by atoms with Crippen LogP contribution in [0.1, 0.15) is 26.2 Å². The fourth-order valence-electron chi connectivity index (χ4n) is 1.59. The molecule has 0 bridgehead atoms. The van der Waals surface area contributed by atoms with Crippen LogP contribution in [0.2, 0.25) is 0 Å². The van der Waals surface area contributed by atoms with Crippen LogP contribution >= 0.6 is 0 Å². The van der Waals surface area contributed by atoms with E-state index in [4.69, 9.17) is 0 Å². The summed E-state index contributed by atoms with van der Waals surface area (Å²) in [4.78, 5) is 10.9. The second-order valence-electron chi connectivity index (χ2n) is 3.37. The van der Waals surface area contributed by atoms with E-state index in [1.165, 1.54) is 12.8 Å². The van der Waals surface area contributed by atoms with Gasteiger partial charge >= 0.3 is 0 Å². The summed E-state index contributed by atoms with van der Waals surface area (Å²) < 4.78 is 0. The Morgan fingerprint density at radius 2 is 2.33 bits per heavy atom. The zero-order valence-corrected chi connectivity index (χ0v) is 5.61. The largest absolute Gasteiger partial charge is 0.350 e. The molecule has 1 saturated carbocycles. The predicted octanol–water partition coefficient (Wildman–Crippen LogP) is 0.675. The van der Waals surface area contributed by atoms with E-state index in [9.17, 15) is 4.79 Å². The van der Waals surface area contributed by atoms with Crippen LogP contribution in [0.15, 0.2) is 0 Å². The number of nitrogens with one attached hydrogen (secondary N) is 1. The van der Waals surface area contributed by atoms with Crippen LogP contribution in [-0.4, -0.2) is 11.4 Å². The summed E-state index contributed by atoms with van der Waals surface area (Å²) in [5.74, 6) is 0.528. The molecule has 2 rings (SSSR count). The Kier molecular flexibility index (Phi) is 0.765. The Hall–Kier alpha value is -0.530. The van der Waals surface area contributed by atoms with Gasteiger partial charge in [-0.15, -0.1) is 0 Å². The maximum atomic E-state index is 10.9. The summed E-state index contributed by atoms with van der Waals surface area (Å²) in [5.41, 5.74) is 0.288. The Morgan fingerprint density at radius 3 is 2.56 bits per heavy atom. The van der Waals surface area contributed by atoms with Gasteiger partial charge in [0.05, 0.1) is 0 Å². The van der Waals surface area contributed by atoms with Crippen LogP contribution in [0.5, 0.6) is 0 Å². The summed E-state index contributed by atoms with van der Waals surface area (Å²) in [6.45, 7) is 2.00. The van der Waals surface area contributed by atoms with Crippen molar-refractivity contribution in [1.82, 2.24) is 5.32 Å². The molecule has 1 aliphatic carbocycles. The lowest BCUT2D eigenvalue weighted by Gasteiger charge is -2.01. The highest BCUT2D eigenvalue weighted by molar-refractivity contribution is 5.82. The fourth-order valence-corrected chi connectivity index (χ4v) is 1.59. The molecule has 0 aromatic carbocycles. The summed E-state index contributed by atoms with van der Waals surface area (Å²) in [6, 6.07) is 0. The molecule has 0 aromatic rings. The highest BCUT2D eigenvalue weighted by atomic mass is 16.2. The van der Waals surface area contributed by atoms with Crippen molar-refractivity contribution in [3.63, 3.8) is 0 Å².